The molecule has 0 unspecified atom stereocenters. The van der Waals surface area contributed by atoms with Gasteiger partial charge in [-0.3, -0.25) is 4.79 Å². The molecule has 2 N–H and O–H groups in total. The van der Waals surface area contributed by atoms with Crippen molar-refractivity contribution >= 4 is 17.2 Å². The van der Waals surface area contributed by atoms with E-state index in [9.17, 15) is 4.79 Å². The van der Waals surface area contributed by atoms with Crippen molar-refractivity contribution in [1.29, 1.82) is 0 Å². The van der Waals surface area contributed by atoms with Crippen LogP contribution in [0.1, 0.15) is 30.8 Å². The molecule has 0 aromatic carbocycles. The minimum absolute atomic E-state index is 0.113. The summed E-state index contributed by atoms with van der Waals surface area (Å²) in [7, 11) is 0. The first-order valence-corrected chi connectivity index (χ1v) is 7.28. The molecule has 2 aromatic rings. The fourth-order valence-electron chi connectivity index (χ4n) is 1.69. The van der Waals surface area contributed by atoms with Crippen LogP contribution in [-0.4, -0.2) is 29.1 Å². The first-order valence-electron chi connectivity index (χ1n) is 6.40. The summed E-state index contributed by atoms with van der Waals surface area (Å²) in [5, 5.41) is 14.2. The van der Waals surface area contributed by atoms with Gasteiger partial charge in [-0.15, -0.1) is 11.3 Å². The standard InChI is InChI=1S/C14H18N2O3S/c1-14(2,5-6-17)9-15-12(18)10-8-20-13(16-10)11-4-3-7-19-11/h3-4,7-8,17H,5-6,9H2,1-2H3,(H,15,18). The van der Waals surface area contributed by atoms with Gasteiger partial charge in [0.25, 0.3) is 5.91 Å². The zero-order valence-corrected chi connectivity index (χ0v) is 12.4. The van der Waals surface area contributed by atoms with Gasteiger partial charge >= 0.3 is 0 Å². The highest BCUT2D eigenvalue weighted by molar-refractivity contribution is 7.13. The van der Waals surface area contributed by atoms with E-state index in [0.717, 1.165) is 0 Å². The molecule has 1 amide bonds. The summed E-state index contributed by atoms with van der Waals surface area (Å²) in [6.45, 7) is 4.61. The maximum atomic E-state index is 12.0. The molecule has 0 saturated carbocycles. The van der Waals surface area contributed by atoms with E-state index in [1.54, 1.807) is 17.7 Å². The number of hydrogen-bond acceptors (Lipinski definition) is 5. The summed E-state index contributed by atoms with van der Waals surface area (Å²) >= 11 is 1.37. The fraction of sp³-hybridized carbons (Fsp3) is 0.429. The molecule has 0 aliphatic rings. The molecule has 6 heteroatoms. The molecule has 0 saturated heterocycles. The minimum Gasteiger partial charge on any atom is -0.462 e. The normalized spacial score (nSPS) is 11.6. The molecule has 0 aliphatic heterocycles. The molecule has 0 radical (unpaired) electrons. The largest absolute Gasteiger partial charge is 0.462 e. The summed E-state index contributed by atoms with van der Waals surface area (Å²) < 4.78 is 5.25. The second-order valence-corrected chi connectivity index (χ2v) is 6.19. The molecule has 0 fully saturated rings. The lowest BCUT2D eigenvalue weighted by Crippen LogP contribution is -2.34. The minimum atomic E-state index is -0.204. The number of furan rings is 1. The average molecular weight is 294 g/mol. The van der Waals surface area contributed by atoms with E-state index in [0.29, 0.717) is 29.4 Å². The van der Waals surface area contributed by atoms with Crippen molar-refractivity contribution in [3.63, 3.8) is 0 Å². The van der Waals surface area contributed by atoms with E-state index in [-0.39, 0.29) is 17.9 Å². The van der Waals surface area contributed by atoms with Gasteiger partial charge in [-0.1, -0.05) is 13.8 Å². The highest BCUT2D eigenvalue weighted by Crippen LogP contribution is 2.24. The quantitative estimate of drug-likeness (QED) is 0.858. The Morgan fingerprint density at radius 3 is 3.00 bits per heavy atom. The van der Waals surface area contributed by atoms with Crippen molar-refractivity contribution < 1.29 is 14.3 Å². The van der Waals surface area contributed by atoms with E-state index in [4.69, 9.17) is 9.52 Å². The van der Waals surface area contributed by atoms with Crippen LogP contribution in [0.15, 0.2) is 28.2 Å². The van der Waals surface area contributed by atoms with E-state index in [1.807, 2.05) is 19.9 Å². The monoisotopic (exact) mass is 294 g/mol. The SMILES string of the molecule is CC(C)(CCO)CNC(=O)c1csc(-c2ccco2)n1. The third-order valence-electron chi connectivity index (χ3n) is 2.98. The van der Waals surface area contributed by atoms with Crippen molar-refractivity contribution in [2.75, 3.05) is 13.2 Å². The molecule has 2 aromatic heterocycles. The molecule has 0 aliphatic carbocycles. The molecule has 20 heavy (non-hydrogen) atoms. The third-order valence-corrected chi connectivity index (χ3v) is 3.84. The van der Waals surface area contributed by atoms with Crippen molar-refractivity contribution in [3.05, 3.63) is 29.5 Å². The summed E-state index contributed by atoms with van der Waals surface area (Å²) in [5.41, 5.74) is 0.255. The van der Waals surface area contributed by atoms with Crippen molar-refractivity contribution in [3.8, 4) is 10.8 Å². The highest BCUT2D eigenvalue weighted by Gasteiger charge is 2.20. The number of nitrogens with one attached hydrogen (secondary N) is 1. The zero-order valence-electron chi connectivity index (χ0n) is 11.5. The molecular weight excluding hydrogens is 276 g/mol. The Bertz CT molecular complexity index is 561. The maximum Gasteiger partial charge on any atom is 0.270 e. The smallest absolute Gasteiger partial charge is 0.270 e. The number of rotatable bonds is 6. The topological polar surface area (TPSA) is 75.4 Å². The number of thiazole rings is 1. The number of amides is 1. The number of aromatic nitrogens is 1. The van der Waals surface area contributed by atoms with E-state index in [2.05, 4.69) is 10.3 Å². The van der Waals surface area contributed by atoms with Crippen LogP contribution in [0.4, 0.5) is 0 Å². The Kier molecular flexibility index (Phi) is 4.57. The number of aliphatic hydroxyl groups is 1. The lowest BCUT2D eigenvalue weighted by molar-refractivity contribution is 0.0924. The third kappa shape index (κ3) is 3.68. The Balaban J connectivity index is 1.97. The van der Waals surface area contributed by atoms with E-state index >= 15 is 0 Å². The summed E-state index contributed by atoms with van der Waals surface area (Å²) in [5.74, 6) is 0.458. The van der Waals surface area contributed by atoms with Gasteiger partial charge in [-0.05, 0) is 24.0 Å². The molecule has 0 spiro atoms. The molecule has 2 rings (SSSR count). The van der Waals surface area contributed by atoms with Crippen LogP contribution in [0.5, 0.6) is 0 Å². The van der Waals surface area contributed by atoms with Gasteiger partial charge in [0.15, 0.2) is 10.8 Å². The molecular formula is C14H18N2O3S. The number of carbonyl (C=O) groups is 1. The van der Waals surface area contributed by atoms with Crippen LogP contribution in [0.25, 0.3) is 10.8 Å². The molecule has 0 atom stereocenters. The van der Waals surface area contributed by atoms with Crippen LogP contribution in [0, 0.1) is 5.41 Å². The second-order valence-electron chi connectivity index (χ2n) is 5.34. The van der Waals surface area contributed by atoms with Crippen molar-refractivity contribution in [2.45, 2.75) is 20.3 Å². The lowest BCUT2D eigenvalue weighted by Gasteiger charge is -2.23. The van der Waals surface area contributed by atoms with Gasteiger partial charge in [0.1, 0.15) is 5.69 Å². The van der Waals surface area contributed by atoms with Gasteiger partial charge in [-0.25, -0.2) is 4.98 Å². The summed E-state index contributed by atoms with van der Waals surface area (Å²) in [6.07, 6.45) is 2.22. The zero-order chi connectivity index (χ0) is 14.6. The van der Waals surface area contributed by atoms with E-state index < -0.39 is 0 Å². The number of aliphatic hydroxyl groups excluding tert-OH is 1. The maximum absolute atomic E-state index is 12.0. The first kappa shape index (κ1) is 14.7. The highest BCUT2D eigenvalue weighted by atomic mass is 32.1. The summed E-state index contributed by atoms with van der Waals surface area (Å²) in [6, 6.07) is 3.60. The second kappa shape index (κ2) is 6.19. The Morgan fingerprint density at radius 1 is 1.55 bits per heavy atom. The van der Waals surface area contributed by atoms with Gasteiger partial charge in [0.2, 0.25) is 0 Å². The van der Waals surface area contributed by atoms with Gasteiger partial charge < -0.3 is 14.8 Å². The predicted molar refractivity (Wildman–Crippen MR) is 77.6 cm³/mol. The fourth-order valence-corrected chi connectivity index (χ4v) is 2.46. The van der Waals surface area contributed by atoms with Crippen molar-refractivity contribution in [2.24, 2.45) is 5.41 Å². The Morgan fingerprint density at radius 2 is 2.35 bits per heavy atom. The number of nitrogens with zero attached hydrogens (tertiary/aromatic N) is 1. The van der Waals surface area contributed by atoms with Gasteiger partial charge in [-0.2, -0.15) is 0 Å². The van der Waals surface area contributed by atoms with Gasteiger partial charge in [0.05, 0.1) is 6.26 Å². The Hall–Kier alpha value is -1.66. The molecule has 2 heterocycles. The average Bonchev–Trinajstić information content (AvgIpc) is 3.06. The van der Waals surface area contributed by atoms with E-state index in [1.165, 1.54) is 11.3 Å². The lowest BCUT2D eigenvalue weighted by atomic mass is 9.90. The predicted octanol–water partition coefficient (Wildman–Crippen LogP) is 2.54. The summed E-state index contributed by atoms with van der Waals surface area (Å²) in [4.78, 5) is 16.3. The first-order chi connectivity index (χ1) is 9.52. The van der Waals surface area contributed by atoms with Crippen LogP contribution in [-0.2, 0) is 0 Å². The number of carbonyl (C=O) groups excluding carboxylic acids is 1. The van der Waals surface area contributed by atoms with Crippen LogP contribution in [0.2, 0.25) is 0 Å². The molecule has 0 bridgehead atoms. The molecule has 5 nitrogen and oxygen atoms in total. The molecule has 108 valence electrons. The van der Waals surface area contributed by atoms with Gasteiger partial charge in [0, 0.05) is 18.5 Å². The van der Waals surface area contributed by atoms with Crippen LogP contribution in [0.3, 0.4) is 0 Å². The Labute approximate surface area is 121 Å². The van der Waals surface area contributed by atoms with Crippen molar-refractivity contribution in [1.82, 2.24) is 10.3 Å². The number of hydrogen-bond donors (Lipinski definition) is 2. The van der Waals surface area contributed by atoms with Crippen LogP contribution >= 0.6 is 11.3 Å². The van der Waals surface area contributed by atoms with Crippen LogP contribution < -0.4 is 5.32 Å².